The molecule has 1 unspecified atom stereocenters. The number of sulfonamides is 1. The van der Waals surface area contributed by atoms with E-state index in [1.54, 1.807) is 12.1 Å². The van der Waals surface area contributed by atoms with Gasteiger partial charge in [0.25, 0.3) is 10.0 Å². The minimum absolute atomic E-state index is 0.0105. The first kappa shape index (κ1) is 33.9. The van der Waals surface area contributed by atoms with Crippen LogP contribution in [0.25, 0.3) is 11.3 Å². The zero-order valence-corrected chi connectivity index (χ0v) is 29.7. The van der Waals surface area contributed by atoms with Crippen LogP contribution in [0.2, 0.25) is 0 Å². The Morgan fingerprint density at radius 3 is 2.48 bits per heavy atom. The van der Waals surface area contributed by atoms with Crippen LogP contribution in [0.5, 0.6) is 5.88 Å². The number of benzene rings is 2. The number of anilines is 2. The maximum Gasteiger partial charge on any atom is 0.264 e. The molecule has 4 heterocycles. The largest absolute Gasteiger partial charge is 0.477 e. The Labute approximate surface area is 285 Å². The quantitative estimate of drug-likeness (QED) is 0.227. The highest BCUT2D eigenvalue weighted by Crippen LogP contribution is 2.40. The van der Waals surface area contributed by atoms with Crippen molar-refractivity contribution in [3.8, 4) is 17.1 Å². The molecule has 6 rings (SSSR count). The summed E-state index contributed by atoms with van der Waals surface area (Å²) in [7, 11) is -4.01. The molecule has 10 heteroatoms. The van der Waals surface area contributed by atoms with Gasteiger partial charge < -0.3 is 14.4 Å². The molecule has 48 heavy (non-hydrogen) atoms. The number of ether oxygens (including phenoxy) is 2. The minimum Gasteiger partial charge on any atom is -0.477 e. The second kappa shape index (κ2) is 13.8. The number of nitrogens with zero attached hydrogens (tertiary/aromatic N) is 4. The third kappa shape index (κ3) is 7.65. The lowest BCUT2D eigenvalue weighted by Gasteiger charge is -2.33. The molecule has 1 fully saturated rings. The first-order valence-electron chi connectivity index (χ1n) is 16.9. The molecule has 0 saturated carbocycles. The summed E-state index contributed by atoms with van der Waals surface area (Å²) < 4.78 is 42.6. The topological polar surface area (TPSA) is 107 Å². The van der Waals surface area contributed by atoms with Gasteiger partial charge in [-0.05, 0) is 72.4 Å². The summed E-state index contributed by atoms with van der Waals surface area (Å²) >= 11 is 0. The van der Waals surface area contributed by atoms with Crippen LogP contribution >= 0.6 is 0 Å². The standard InChI is InChI=1S/C38H47N5O4S/c1-25(2)32-12-7-8-13-33(32)35-26(3)36-41-37(40-35)42-48(44,45)31-11-9-10-27(20-31)34(28(24-47-36)22-38(4,5)6)21-29-14-15-30(23-39-29)43-16-18-46-19-17-43/h7-15,20,23,25,28,34H,16-19,21-22,24H2,1-6H3,(H,40,41,42)/t28-,34?/m1/s1. The van der Waals surface area contributed by atoms with Gasteiger partial charge in [0.2, 0.25) is 11.8 Å². The predicted molar refractivity (Wildman–Crippen MR) is 190 cm³/mol. The van der Waals surface area contributed by atoms with Crippen molar-refractivity contribution in [1.29, 1.82) is 0 Å². The number of morpholine rings is 1. The van der Waals surface area contributed by atoms with E-state index >= 15 is 0 Å². The monoisotopic (exact) mass is 669 g/mol. The Hall–Kier alpha value is -4.02. The average molecular weight is 670 g/mol. The van der Waals surface area contributed by atoms with E-state index in [2.05, 4.69) is 67.4 Å². The van der Waals surface area contributed by atoms with E-state index in [0.717, 1.165) is 53.1 Å². The molecule has 4 bridgehead atoms. The molecule has 0 spiro atoms. The van der Waals surface area contributed by atoms with E-state index in [1.165, 1.54) is 0 Å². The average Bonchev–Trinajstić information content (AvgIpc) is 3.06. The van der Waals surface area contributed by atoms with Gasteiger partial charge in [-0.2, -0.15) is 4.98 Å². The zero-order chi connectivity index (χ0) is 34.1. The predicted octanol–water partition coefficient (Wildman–Crippen LogP) is 7.38. The van der Waals surface area contributed by atoms with Gasteiger partial charge in [-0.3, -0.25) is 4.98 Å². The van der Waals surface area contributed by atoms with E-state index in [-0.39, 0.29) is 34.0 Å². The number of aromatic nitrogens is 3. The molecule has 0 amide bonds. The van der Waals surface area contributed by atoms with Crippen LogP contribution in [0.15, 0.2) is 71.8 Å². The number of hydrogen-bond donors (Lipinski definition) is 1. The lowest BCUT2D eigenvalue weighted by Crippen LogP contribution is -2.36. The third-order valence-corrected chi connectivity index (χ3v) is 10.6. The smallest absolute Gasteiger partial charge is 0.264 e. The van der Waals surface area contributed by atoms with Crippen LogP contribution in [0.3, 0.4) is 0 Å². The van der Waals surface area contributed by atoms with Gasteiger partial charge in [-0.25, -0.2) is 18.1 Å². The highest BCUT2D eigenvalue weighted by molar-refractivity contribution is 7.92. The van der Waals surface area contributed by atoms with Crippen molar-refractivity contribution in [2.75, 3.05) is 42.5 Å². The molecular weight excluding hydrogens is 623 g/mol. The van der Waals surface area contributed by atoms with Crippen LogP contribution < -0.4 is 14.4 Å². The Kier molecular flexibility index (Phi) is 9.76. The summed E-state index contributed by atoms with van der Waals surface area (Å²) in [6.45, 7) is 16.4. The lowest BCUT2D eigenvalue weighted by atomic mass is 9.74. The normalized spacial score (nSPS) is 19.5. The van der Waals surface area contributed by atoms with Crippen LogP contribution in [0.1, 0.15) is 75.3 Å². The van der Waals surface area contributed by atoms with Gasteiger partial charge in [-0.1, -0.05) is 71.0 Å². The summed E-state index contributed by atoms with van der Waals surface area (Å²) in [4.78, 5) is 16.8. The summed E-state index contributed by atoms with van der Waals surface area (Å²) in [5.41, 5.74) is 6.42. The maximum atomic E-state index is 13.9. The highest BCUT2D eigenvalue weighted by Gasteiger charge is 2.32. The molecule has 254 valence electrons. The fourth-order valence-corrected chi connectivity index (χ4v) is 7.87. The molecule has 4 aromatic rings. The maximum absolute atomic E-state index is 13.9. The zero-order valence-electron chi connectivity index (χ0n) is 28.9. The number of hydrogen-bond acceptors (Lipinski definition) is 8. The summed E-state index contributed by atoms with van der Waals surface area (Å²) in [6, 6.07) is 19.6. The Morgan fingerprint density at radius 1 is 1.00 bits per heavy atom. The molecule has 2 aliphatic rings. The molecule has 9 nitrogen and oxygen atoms in total. The second-order valence-corrected chi connectivity index (χ2v) is 16.2. The number of rotatable bonds is 6. The van der Waals surface area contributed by atoms with Gasteiger partial charge in [-0.15, -0.1) is 0 Å². The minimum atomic E-state index is -4.01. The molecular formula is C38H47N5O4S. The summed E-state index contributed by atoms with van der Waals surface area (Å²) in [6.07, 6.45) is 3.42. The molecule has 0 aliphatic carbocycles. The van der Waals surface area contributed by atoms with Gasteiger partial charge in [0.05, 0.1) is 42.3 Å². The van der Waals surface area contributed by atoms with Crippen molar-refractivity contribution < 1.29 is 17.9 Å². The SMILES string of the molecule is Cc1c2nc(nc1-c1ccccc1C(C)C)NS(=O)(=O)c1cccc(c1)C(Cc1ccc(N3CCOCC3)cn1)[C@H](CC(C)(C)C)CO2. The Bertz CT molecular complexity index is 1850. The molecule has 2 aromatic heterocycles. The number of pyridine rings is 1. The fraction of sp³-hybridized carbons (Fsp3) is 0.447. The van der Waals surface area contributed by atoms with E-state index in [4.69, 9.17) is 19.4 Å². The van der Waals surface area contributed by atoms with Crippen molar-refractivity contribution in [1.82, 2.24) is 15.0 Å². The van der Waals surface area contributed by atoms with Crippen LogP contribution in [0, 0.1) is 18.3 Å². The van der Waals surface area contributed by atoms with E-state index < -0.39 is 10.0 Å². The second-order valence-electron chi connectivity index (χ2n) is 14.5. The van der Waals surface area contributed by atoms with E-state index in [1.807, 2.05) is 43.5 Å². The van der Waals surface area contributed by atoms with Crippen molar-refractivity contribution in [3.05, 3.63) is 89.2 Å². The Balaban J connectivity index is 1.44. The number of fused-ring (bicyclic) bond motifs is 4. The fourth-order valence-electron chi connectivity index (χ4n) is 6.87. The lowest BCUT2D eigenvalue weighted by molar-refractivity contribution is 0.122. The first-order valence-corrected chi connectivity index (χ1v) is 18.4. The molecule has 2 atom stereocenters. The van der Waals surface area contributed by atoms with Gasteiger partial charge in [0.1, 0.15) is 0 Å². The van der Waals surface area contributed by atoms with Crippen molar-refractivity contribution >= 4 is 21.7 Å². The summed E-state index contributed by atoms with van der Waals surface area (Å²) in [5, 5.41) is 0. The molecule has 2 aromatic carbocycles. The van der Waals surface area contributed by atoms with Gasteiger partial charge in [0.15, 0.2) is 0 Å². The highest BCUT2D eigenvalue weighted by atomic mass is 32.2. The van der Waals surface area contributed by atoms with Crippen molar-refractivity contribution in [2.45, 2.75) is 71.1 Å². The van der Waals surface area contributed by atoms with Gasteiger partial charge in [0, 0.05) is 35.8 Å². The van der Waals surface area contributed by atoms with Gasteiger partial charge >= 0.3 is 0 Å². The van der Waals surface area contributed by atoms with E-state index in [0.29, 0.717) is 37.8 Å². The number of nitrogens with one attached hydrogen (secondary N) is 1. The first-order chi connectivity index (χ1) is 22.9. The van der Waals surface area contributed by atoms with Crippen LogP contribution in [-0.2, 0) is 21.2 Å². The molecule has 1 N–H and O–H groups in total. The van der Waals surface area contributed by atoms with E-state index in [9.17, 15) is 8.42 Å². The molecule has 2 aliphatic heterocycles. The van der Waals surface area contributed by atoms with Crippen molar-refractivity contribution in [3.63, 3.8) is 0 Å². The molecule has 1 saturated heterocycles. The Morgan fingerprint density at radius 2 is 1.77 bits per heavy atom. The third-order valence-electron chi connectivity index (χ3n) is 9.25. The van der Waals surface area contributed by atoms with Crippen LogP contribution in [-0.4, -0.2) is 56.3 Å². The summed E-state index contributed by atoms with van der Waals surface area (Å²) in [5.74, 6) is 0.570. The molecule has 0 radical (unpaired) electrons. The van der Waals surface area contributed by atoms with Crippen LogP contribution in [0.4, 0.5) is 11.6 Å². The van der Waals surface area contributed by atoms with Crippen molar-refractivity contribution in [2.24, 2.45) is 11.3 Å².